The van der Waals surface area contributed by atoms with Crippen LogP contribution in [0.5, 0.6) is 0 Å². The van der Waals surface area contributed by atoms with Crippen LogP contribution in [0.25, 0.3) is 21.6 Å². The topological polar surface area (TPSA) is 150 Å². The molecule has 12 nitrogen and oxygen atoms in total. The van der Waals surface area contributed by atoms with Gasteiger partial charge >= 0.3 is 0 Å². The molecule has 1 amide bonds. The Morgan fingerprint density at radius 1 is 1.12 bits per heavy atom. The van der Waals surface area contributed by atoms with E-state index in [0.29, 0.717) is 25.0 Å². The first-order valence-corrected chi connectivity index (χ1v) is 11.3. The number of amides is 1. The van der Waals surface area contributed by atoms with Crippen molar-refractivity contribution in [3.63, 3.8) is 0 Å². The molecule has 0 atom stereocenters. The summed E-state index contributed by atoms with van der Waals surface area (Å²) < 4.78 is 6.46. The second-order valence-electron chi connectivity index (χ2n) is 7.34. The van der Waals surface area contributed by atoms with Crippen LogP contribution in [0.15, 0.2) is 36.8 Å². The van der Waals surface area contributed by atoms with Gasteiger partial charge in [-0.15, -0.1) is 11.3 Å². The number of pyridine rings is 1. The maximum absolute atomic E-state index is 11.5. The Morgan fingerprint density at radius 2 is 1.91 bits per heavy atom. The monoisotopic (exact) mass is 479 g/mol. The first kappa shape index (κ1) is 21.9. The van der Waals surface area contributed by atoms with Crippen molar-refractivity contribution in [3.05, 3.63) is 42.4 Å². The minimum Gasteiger partial charge on any atom is -0.378 e. The van der Waals surface area contributed by atoms with Crippen LogP contribution in [-0.4, -0.2) is 69.4 Å². The van der Waals surface area contributed by atoms with Crippen molar-refractivity contribution in [2.75, 3.05) is 48.9 Å². The van der Waals surface area contributed by atoms with Crippen molar-refractivity contribution in [2.45, 2.75) is 0 Å². The molecule has 13 heteroatoms. The van der Waals surface area contributed by atoms with Crippen LogP contribution >= 0.6 is 11.3 Å². The van der Waals surface area contributed by atoms with Gasteiger partial charge in [-0.1, -0.05) is 0 Å². The highest BCUT2D eigenvalue weighted by Crippen LogP contribution is 2.37. The molecule has 5 rings (SSSR count). The van der Waals surface area contributed by atoms with E-state index in [1.165, 1.54) is 23.7 Å². The summed E-state index contributed by atoms with van der Waals surface area (Å²) in [6.45, 7) is 2.75. The first-order chi connectivity index (χ1) is 16.6. The van der Waals surface area contributed by atoms with E-state index in [-0.39, 0.29) is 5.56 Å². The molecule has 1 saturated heterocycles. The molecule has 4 aromatic heterocycles. The number of morpholine rings is 1. The summed E-state index contributed by atoms with van der Waals surface area (Å²) in [5, 5.41) is 15.7. The number of hydrogen-bond donors (Lipinski definition) is 4. The second-order valence-corrected chi connectivity index (χ2v) is 8.39. The van der Waals surface area contributed by atoms with Gasteiger partial charge in [-0.05, 0) is 18.2 Å². The van der Waals surface area contributed by atoms with E-state index < -0.39 is 5.91 Å². The number of carbonyl (C=O) groups is 1. The van der Waals surface area contributed by atoms with Gasteiger partial charge in [0.15, 0.2) is 11.6 Å². The fourth-order valence-electron chi connectivity index (χ4n) is 3.45. The van der Waals surface area contributed by atoms with Crippen LogP contribution in [-0.2, 0) is 4.74 Å². The molecule has 0 aliphatic carbocycles. The number of aromatic nitrogens is 5. The highest BCUT2D eigenvalue weighted by Gasteiger charge is 2.20. The third kappa shape index (κ3) is 4.44. The third-order valence-electron chi connectivity index (χ3n) is 5.19. The molecular weight excluding hydrogens is 458 g/mol. The maximum atomic E-state index is 11.5. The van der Waals surface area contributed by atoms with Gasteiger partial charge in [0.05, 0.1) is 34.0 Å². The summed E-state index contributed by atoms with van der Waals surface area (Å²) in [6.07, 6.45) is 4.40. The van der Waals surface area contributed by atoms with Crippen LogP contribution in [0, 0.1) is 0 Å². The molecule has 4 aromatic rings. The Labute approximate surface area is 198 Å². The zero-order valence-electron chi connectivity index (χ0n) is 18.1. The number of nitrogens with zero attached hydrogens (tertiary/aromatic N) is 6. The Balaban J connectivity index is 1.51. The Bertz CT molecular complexity index is 1310. The molecule has 1 fully saturated rings. The fraction of sp³-hybridized carbons (Fsp3) is 0.238. The zero-order valence-corrected chi connectivity index (χ0v) is 19.0. The number of rotatable bonds is 6. The molecule has 0 aromatic carbocycles. The number of thiophene rings is 1. The molecular formula is C21H21N9O3S. The third-order valence-corrected chi connectivity index (χ3v) is 6.23. The van der Waals surface area contributed by atoms with Gasteiger partial charge in [0.25, 0.3) is 5.91 Å². The van der Waals surface area contributed by atoms with Crippen LogP contribution < -0.4 is 21.0 Å². The van der Waals surface area contributed by atoms with Gasteiger partial charge in [-0.25, -0.2) is 30.4 Å². The van der Waals surface area contributed by atoms with Crippen LogP contribution in [0.4, 0.5) is 22.6 Å². The molecule has 0 unspecified atom stereocenters. The number of anilines is 4. The van der Waals surface area contributed by atoms with E-state index in [9.17, 15) is 4.79 Å². The Morgan fingerprint density at radius 3 is 2.59 bits per heavy atom. The SMILES string of the molecule is CNc1ccc(-c2nc(N3CCOCC3)c3sc(Nc4ncc(C(=O)NO)cn4)cc3n2)cn1. The lowest BCUT2D eigenvalue weighted by molar-refractivity contribution is 0.0705. The first-order valence-electron chi connectivity index (χ1n) is 10.5. The van der Waals surface area contributed by atoms with Crippen molar-refractivity contribution in [1.82, 2.24) is 30.4 Å². The lowest BCUT2D eigenvalue weighted by Gasteiger charge is -2.28. The highest BCUT2D eigenvalue weighted by atomic mass is 32.1. The molecule has 5 heterocycles. The summed E-state index contributed by atoms with van der Waals surface area (Å²) in [4.78, 5) is 36.0. The van der Waals surface area contributed by atoms with E-state index in [2.05, 4.69) is 30.5 Å². The summed E-state index contributed by atoms with van der Waals surface area (Å²) in [5.41, 5.74) is 3.30. The normalized spacial score (nSPS) is 13.6. The fourth-order valence-corrected chi connectivity index (χ4v) is 4.46. The van der Waals surface area contributed by atoms with E-state index >= 15 is 0 Å². The van der Waals surface area contributed by atoms with Crippen LogP contribution in [0.2, 0.25) is 0 Å². The lowest BCUT2D eigenvalue weighted by Crippen LogP contribution is -2.36. The summed E-state index contributed by atoms with van der Waals surface area (Å²) >= 11 is 1.49. The molecule has 34 heavy (non-hydrogen) atoms. The van der Waals surface area contributed by atoms with Gasteiger partial charge in [0.1, 0.15) is 5.82 Å². The second kappa shape index (κ2) is 9.51. The van der Waals surface area contributed by atoms with Gasteiger partial charge in [0.2, 0.25) is 5.95 Å². The minimum atomic E-state index is -0.677. The number of hydroxylamine groups is 1. The molecule has 1 aliphatic rings. The van der Waals surface area contributed by atoms with Gasteiger partial charge in [0, 0.05) is 44.3 Å². The van der Waals surface area contributed by atoms with Crippen LogP contribution in [0.3, 0.4) is 0 Å². The molecule has 4 N–H and O–H groups in total. The van der Waals surface area contributed by atoms with Crippen molar-refractivity contribution in [1.29, 1.82) is 0 Å². The van der Waals surface area contributed by atoms with E-state index in [0.717, 1.165) is 45.5 Å². The number of nitrogens with one attached hydrogen (secondary N) is 3. The summed E-state index contributed by atoms with van der Waals surface area (Å²) in [5.74, 6) is 1.83. The van der Waals surface area contributed by atoms with Crippen molar-refractivity contribution < 1.29 is 14.7 Å². The molecule has 1 aliphatic heterocycles. The molecule has 0 radical (unpaired) electrons. The smallest absolute Gasteiger partial charge is 0.277 e. The number of fused-ring (bicyclic) bond motifs is 1. The predicted molar refractivity (Wildman–Crippen MR) is 128 cm³/mol. The molecule has 174 valence electrons. The summed E-state index contributed by atoms with van der Waals surface area (Å²) in [7, 11) is 1.82. The van der Waals surface area contributed by atoms with Crippen molar-refractivity contribution in [2.24, 2.45) is 0 Å². The molecule has 0 bridgehead atoms. The highest BCUT2D eigenvalue weighted by molar-refractivity contribution is 7.23. The Hall–Kier alpha value is -3.94. The molecule has 0 spiro atoms. The average molecular weight is 480 g/mol. The Kier molecular flexibility index (Phi) is 6.12. The van der Waals surface area contributed by atoms with E-state index in [4.69, 9.17) is 19.9 Å². The average Bonchev–Trinajstić information content (AvgIpc) is 3.31. The largest absolute Gasteiger partial charge is 0.378 e. The van der Waals surface area contributed by atoms with E-state index in [1.807, 2.05) is 25.2 Å². The lowest BCUT2D eigenvalue weighted by atomic mass is 10.2. The number of carbonyl (C=O) groups excluding carboxylic acids is 1. The standard InChI is InChI=1S/C21H21N9O3S/c1-22-15-3-2-12(9-23-15)18-26-14-8-16(27-21-24-10-13(11-25-21)20(31)29-32)34-17(14)19(28-18)30-4-6-33-7-5-30/h2-3,8-11,32H,4-7H2,1H3,(H,22,23)(H,29,31)(H,24,25,27). The van der Waals surface area contributed by atoms with Gasteiger partial charge < -0.3 is 20.3 Å². The molecule has 0 saturated carbocycles. The number of hydrogen-bond acceptors (Lipinski definition) is 12. The van der Waals surface area contributed by atoms with Crippen LogP contribution in [0.1, 0.15) is 10.4 Å². The predicted octanol–water partition coefficient (Wildman–Crippen LogP) is 2.28. The van der Waals surface area contributed by atoms with Gasteiger partial charge in [-0.2, -0.15) is 0 Å². The number of ether oxygens (including phenoxy) is 1. The quantitative estimate of drug-likeness (QED) is 0.238. The minimum absolute atomic E-state index is 0.146. The maximum Gasteiger partial charge on any atom is 0.277 e. The summed E-state index contributed by atoms with van der Waals surface area (Å²) in [6, 6.07) is 5.74. The zero-order chi connectivity index (χ0) is 23.5. The van der Waals surface area contributed by atoms with Crippen molar-refractivity contribution in [3.8, 4) is 11.4 Å². The van der Waals surface area contributed by atoms with Gasteiger partial charge in [-0.3, -0.25) is 10.0 Å². The van der Waals surface area contributed by atoms with Crippen molar-refractivity contribution >= 4 is 50.0 Å². The van der Waals surface area contributed by atoms with E-state index in [1.54, 1.807) is 11.7 Å².